The third kappa shape index (κ3) is 58.8. The van der Waals surface area contributed by atoms with Crippen LogP contribution in [0.25, 0.3) is 0 Å². The average Bonchev–Trinajstić information content (AvgIpc) is 3.35. The van der Waals surface area contributed by atoms with Gasteiger partial charge in [-0.25, -0.2) is 0 Å². The summed E-state index contributed by atoms with van der Waals surface area (Å²) in [6.07, 6.45) is 70.9. The minimum atomic E-state index is -0.343. The zero-order valence-electron chi connectivity index (χ0n) is 47.5. The molecule has 70 heavy (non-hydrogen) atoms. The Labute approximate surface area is 437 Å². The Morgan fingerprint density at radius 3 is 0.386 bits per heavy atom. The summed E-state index contributed by atoms with van der Waals surface area (Å²) < 4.78 is 10.1. The van der Waals surface area contributed by atoms with Crippen LogP contribution in [0.15, 0.2) is 0 Å². The molecule has 0 saturated heterocycles. The third-order valence-electron chi connectivity index (χ3n) is 14.9. The fourth-order valence-electron chi connectivity index (χ4n) is 10.2. The second kappa shape index (κ2) is 59.8. The number of ether oxygens (including phenoxy) is 2. The van der Waals surface area contributed by atoms with Crippen LogP contribution in [-0.4, -0.2) is 23.9 Å². The minimum Gasteiger partial charge on any atom is -0.393 e. The van der Waals surface area contributed by atoms with E-state index in [0.29, 0.717) is 25.7 Å². The van der Waals surface area contributed by atoms with Gasteiger partial charge in [0.1, 0.15) is 0 Å². The highest BCUT2D eigenvalue weighted by atomic mass is 16.6. The molecule has 0 aliphatic carbocycles. The Hall–Kier alpha value is -1.72. The lowest BCUT2D eigenvalue weighted by molar-refractivity contribution is -0.161. The molecule has 0 spiro atoms. The third-order valence-corrected chi connectivity index (χ3v) is 14.9. The number of hydrogen-bond donors (Lipinski definition) is 0. The van der Waals surface area contributed by atoms with Gasteiger partial charge < -0.3 is 9.47 Å². The molecule has 0 aromatic rings. The van der Waals surface area contributed by atoms with E-state index in [1.54, 1.807) is 0 Å². The van der Waals surface area contributed by atoms with Gasteiger partial charge in [0.05, 0.1) is 0 Å². The Bertz CT molecular complexity index is 1000. The van der Waals surface area contributed by atoms with E-state index in [0.717, 1.165) is 64.2 Å². The molecule has 0 bridgehead atoms. The lowest BCUT2D eigenvalue weighted by Crippen LogP contribution is -2.11. The molecule has 0 unspecified atom stereocenters. The Balaban J connectivity index is 3.32. The molecular formula is C64H122O6. The highest BCUT2D eigenvalue weighted by Gasteiger charge is 2.11. The molecule has 0 amide bonds. The molecule has 0 saturated carbocycles. The molecule has 0 aromatic heterocycles. The fraction of sp³-hybridized carbons (Fsp3) is 0.938. The van der Waals surface area contributed by atoms with E-state index in [1.807, 2.05) is 0 Å². The predicted molar refractivity (Wildman–Crippen MR) is 301 cm³/mol. The maximum atomic E-state index is 12.1. The summed E-state index contributed by atoms with van der Waals surface area (Å²) in [4.78, 5) is 48.4. The standard InChI is InChI=1S/C64H122O6/c1-3-5-7-9-11-13-15-17-19-21-23-25-29-33-37-41-45-49-53-57-61(65)69-63(67)59-55-51-47-43-39-35-31-27-28-32-36-40-44-48-52-56-60-64(68)70-62(66)58-54-50-46-42-38-34-30-26-24-22-20-18-16-14-12-10-8-6-4-2/h3-60H2,1-2H3. The van der Waals surface area contributed by atoms with Crippen LogP contribution in [0.1, 0.15) is 386 Å². The van der Waals surface area contributed by atoms with Crippen LogP contribution in [0, 0.1) is 0 Å². The van der Waals surface area contributed by atoms with Gasteiger partial charge in [-0.1, -0.05) is 335 Å². The van der Waals surface area contributed by atoms with Gasteiger partial charge in [0.2, 0.25) is 0 Å². The van der Waals surface area contributed by atoms with Crippen molar-refractivity contribution in [2.75, 3.05) is 0 Å². The largest absolute Gasteiger partial charge is 0.393 e. The number of carbonyl (C=O) groups is 4. The number of carbonyl (C=O) groups excluding carboxylic acids is 4. The van der Waals surface area contributed by atoms with Crippen molar-refractivity contribution in [3.63, 3.8) is 0 Å². The minimum absolute atomic E-state index is 0.339. The maximum Gasteiger partial charge on any atom is 0.313 e. The van der Waals surface area contributed by atoms with E-state index in [4.69, 9.17) is 9.47 Å². The van der Waals surface area contributed by atoms with Crippen LogP contribution < -0.4 is 0 Å². The van der Waals surface area contributed by atoms with E-state index in [9.17, 15) is 19.2 Å². The molecule has 0 atom stereocenters. The van der Waals surface area contributed by atoms with Crippen LogP contribution >= 0.6 is 0 Å². The van der Waals surface area contributed by atoms with E-state index >= 15 is 0 Å². The molecule has 0 aliphatic rings. The monoisotopic (exact) mass is 987 g/mol. The second-order valence-electron chi connectivity index (χ2n) is 22.1. The average molecular weight is 988 g/mol. The zero-order valence-corrected chi connectivity index (χ0v) is 47.5. The van der Waals surface area contributed by atoms with E-state index in [1.165, 1.54) is 283 Å². The molecule has 0 rings (SSSR count). The van der Waals surface area contributed by atoms with Gasteiger partial charge >= 0.3 is 23.9 Å². The maximum absolute atomic E-state index is 12.1. The second-order valence-corrected chi connectivity index (χ2v) is 22.1. The van der Waals surface area contributed by atoms with Crippen molar-refractivity contribution in [2.45, 2.75) is 386 Å². The van der Waals surface area contributed by atoms with Crippen LogP contribution in [0.4, 0.5) is 0 Å². The Morgan fingerprint density at radius 1 is 0.171 bits per heavy atom. The molecule has 6 heteroatoms. The van der Waals surface area contributed by atoms with Crippen LogP contribution in [0.2, 0.25) is 0 Å². The molecule has 0 heterocycles. The smallest absolute Gasteiger partial charge is 0.313 e. The van der Waals surface area contributed by atoms with Gasteiger partial charge in [-0.15, -0.1) is 0 Å². The van der Waals surface area contributed by atoms with Crippen molar-refractivity contribution in [3.05, 3.63) is 0 Å². The van der Waals surface area contributed by atoms with Crippen LogP contribution in [0.3, 0.4) is 0 Å². The van der Waals surface area contributed by atoms with E-state index in [2.05, 4.69) is 13.8 Å². The zero-order chi connectivity index (χ0) is 50.7. The lowest BCUT2D eigenvalue weighted by atomic mass is 10.0. The Morgan fingerprint density at radius 2 is 0.271 bits per heavy atom. The number of hydrogen-bond acceptors (Lipinski definition) is 6. The van der Waals surface area contributed by atoms with Crippen molar-refractivity contribution in [3.8, 4) is 0 Å². The topological polar surface area (TPSA) is 86.7 Å². The summed E-state index contributed by atoms with van der Waals surface area (Å²) >= 11 is 0. The molecule has 0 N–H and O–H groups in total. The molecule has 414 valence electrons. The van der Waals surface area contributed by atoms with E-state index < -0.39 is 0 Å². The summed E-state index contributed by atoms with van der Waals surface area (Å²) in [6, 6.07) is 0. The van der Waals surface area contributed by atoms with Gasteiger partial charge in [0, 0.05) is 25.7 Å². The fourth-order valence-corrected chi connectivity index (χ4v) is 10.2. The van der Waals surface area contributed by atoms with Crippen molar-refractivity contribution in [1.29, 1.82) is 0 Å². The summed E-state index contributed by atoms with van der Waals surface area (Å²) in [6.45, 7) is 4.57. The van der Waals surface area contributed by atoms with Gasteiger partial charge in [-0.3, -0.25) is 19.2 Å². The Kier molecular flexibility index (Phi) is 58.4. The molecule has 0 radical (unpaired) electrons. The first-order valence-corrected chi connectivity index (χ1v) is 32.0. The summed E-state index contributed by atoms with van der Waals surface area (Å²) in [7, 11) is 0. The van der Waals surface area contributed by atoms with Crippen molar-refractivity contribution >= 4 is 23.9 Å². The first-order chi connectivity index (χ1) is 34.5. The van der Waals surface area contributed by atoms with Crippen molar-refractivity contribution in [2.24, 2.45) is 0 Å². The molecule has 0 aliphatic heterocycles. The van der Waals surface area contributed by atoms with Crippen LogP contribution in [0.5, 0.6) is 0 Å². The highest BCUT2D eigenvalue weighted by molar-refractivity contribution is 5.85. The van der Waals surface area contributed by atoms with Crippen LogP contribution in [-0.2, 0) is 28.7 Å². The first kappa shape index (κ1) is 68.3. The quantitative estimate of drug-likeness (QED) is 0.0343. The van der Waals surface area contributed by atoms with Crippen molar-refractivity contribution in [1.82, 2.24) is 0 Å². The molecular weight excluding hydrogens is 865 g/mol. The number of rotatable bonds is 59. The summed E-state index contributed by atoms with van der Waals surface area (Å²) in [5, 5.41) is 0. The predicted octanol–water partition coefficient (Wildman–Crippen LogP) is 21.8. The normalized spacial score (nSPS) is 11.4. The van der Waals surface area contributed by atoms with Gasteiger partial charge in [-0.2, -0.15) is 0 Å². The molecule has 0 fully saturated rings. The summed E-state index contributed by atoms with van der Waals surface area (Å²) in [5.41, 5.74) is 0. The highest BCUT2D eigenvalue weighted by Crippen LogP contribution is 2.19. The molecule has 0 aromatic carbocycles. The van der Waals surface area contributed by atoms with Gasteiger partial charge in [0.25, 0.3) is 0 Å². The van der Waals surface area contributed by atoms with E-state index in [-0.39, 0.29) is 23.9 Å². The summed E-state index contributed by atoms with van der Waals surface area (Å²) in [5.74, 6) is -1.36. The first-order valence-electron chi connectivity index (χ1n) is 32.0. The number of esters is 4. The van der Waals surface area contributed by atoms with Crippen molar-refractivity contribution < 1.29 is 28.7 Å². The van der Waals surface area contributed by atoms with Gasteiger partial charge in [0.15, 0.2) is 0 Å². The number of unbranched alkanes of at least 4 members (excludes halogenated alkanes) is 51. The van der Waals surface area contributed by atoms with Gasteiger partial charge in [-0.05, 0) is 25.7 Å². The lowest BCUT2D eigenvalue weighted by Gasteiger charge is -2.05. The SMILES string of the molecule is CCCCCCCCCCCCCCCCCCCCCC(=O)OC(=O)CCCCCCCCCCCCCCCCCCC(=O)OC(=O)CCCCCCCCCCCCCCCCCCCCC. The molecule has 6 nitrogen and oxygen atoms in total.